The van der Waals surface area contributed by atoms with Gasteiger partial charge in [-0.05, 0) is 0 Å². The summed E-state index contributed by atoms with van der Waals surface area (Å²) in [5, 5.41) is 7.72. The van der Waals surface area contributed by atoms with Crippen molar-refractivity contribution < 1.29 is 0 Å². The van der Waals surface area contributed by atoms with Gasteiger partial charge in [0.2, 0.25) is 0 Å². The van der Waals surface area contributed by atoms with Crippen LogP contribution < -0.4 is 0 Å². The molecule has 3 rings (SSSR count). The second-order valence-corrected chi connectivity index (χ2v) is 3.22. The highest BCUT2D eigenvalue weighted by atomic mass is 15.4. The first kappa shape index (κ1) is 8.11. The van der Waals surface area contributed by atoms with Crippen LogP contribution in [0.2, 0.25) is 0 Å². The van der Waals surface area contributed by atoms with E-state index in [0.717, 1.165) is 16.9 Å². The SMILES string of the molecule is c1ccc(-c2cn3nnccc3n2)cc1. The van der Waals surface area contributed by atoms with Crippen molar-refractivity contribution >= 4 is 5.65 Å². The summed E-state index contributed by atoms with van der Waals surface area (Å²) < 4.78 is 1.67. The molecule has 0 saturated carbocycles. The van der Waals surface area contributed by atoms with Gasteiger partial charge in [-0.3, -0.25) is 0 Å². The molecule has 0 bridgehead atoms. The minimum atomic E-state index is 0.809. The van der Waals surface area contributed by atoms with E-state index in [2.05, 4.69) is 15.3 Å². The molecule has 15 heavy (non-hydrogen) atoms. The Labute approximate surface area is 86.2 Å². The number of hydrogen-bond donors (Lipinski definition) is 0. The van der Waals surface area contributed by atoms with Crippen molar-refractivity contribution in [2.24, 2.45) is 0 Å². The largest absolute Gasteiger partial charge is 0.227 e. The molecular weight excluding hydrogens is 188 g/mol. The lowest BCUT2D eigenvalue weighted by molar-refractivity contribution is 0.807. The summed E-state index contributed by atoms with van der Waals surface area (Å²) in [6, 6.07) is 11.8. The average Bonchev–Trinajstić information content (AvgIpc) is 2.74. The molecule has 2 heterocycles. The quantitative estimate of drug-likeness (QED) is 0.596. The molecule has 4 nitrogen and oxygen atoms in total. The van der Waals surface area contributed by atoms with Gasteiger partial charge in [0.05, 0.1) is 18.1 Å². The number of benzene rings is 1. The first-order valence-corrected chi connectivity index (χ1v) is 4.66. The molecule has 3 aromatic rings. The lowest BCUT2D eigenvalue weighted by Crippen LogP contribution is -1.90. The Morgan fingerprint density at radius 2 is 1.87 bits per heavy atom. The van der Waals surface area contributed by atoms with Gasteiger partial charge in [0.25, 0.3) is 0 Å². The average molecular weight is 196 g/mol. The Bertz CT molecular complexity index is 553. The first-order valence-electron chi connectivity index (χ1n) is 4.66. The van der Waals surface area contributed by atoms with E-state index < -0.39 is 0 Å². The molecule has 0 unspecified atom stereocenters. The van der Waals surface area contributed by atoms with E-state index in [1.807, 2.05) is 42.6 Å². The summed E-state index contributed by atoms with van der Waals surface area (Å²) in [6.07, 6.45) is 3.51. The smallest absolute Gasteiger partial charge is 0.157 e. The molecule has 0 radical (unpaired) electrons. The van der Waals surface area contributed by atoms with Crippen molar-refractivity contribution in [3.63, 3.8) is 0 Å². The normalized spacial score (nSPS) is 10.7. The molecule has 0 aliphatic rings. The van der Waals surface area contributed by atoms with Crippen LogP contribution in [0.3, 0.4) is 0 Å². The van der Waals surface area contributed by atoms with E-state index in [1.165, 1.54) is 0 Å². The third-order valence-corrected chi connectivity index (χ3v) is 2.22. The zero-order chi connectivity index (χ0) is 10.1. The second-order valence-electron chi connectivity index (χ2n) is 3.22. The van der Waals surface area contributed by atoms with Gasteiger partial charge in [-0.2, -0.15) is 0 Å². The van der Waals surface area contributed by atoms with Crippen molar-refractivity contribution in [1.29, 1.82) is 0 Å². The van der Waals surface area contributed by atoms with Gasteiger partial charge in [-0.25, -0.2) is 9.50 Å². The summed E-state index contributed by atoms with van der Waals surface area (Å²) >= 11 is 0. The van der Waals surface area contributed by atoms with Crippen LogP contribution >= 0.6 is 0 Å². The van der Waals surface area contributed by atoms with Gasteiger partial charge in [0.15, 0.2) is 5.65 Å². The molecular formula is C11H8N4. The van der Waals surface area contributed by atoms with Crippen LogP contribution in [0.1, 0.15) is 0 Å². The third kappa shape index (κ3) is 1.36. The topological polar surface area (TPSA) is 43.1 Å². The van der Waals surface area contributed by atoms with E-state index in [-0.39, 0.29) is 0 Å². The summed E-state index contributed by atoms with van der Waals surface area (Å²) in [6.45, 7) is 0. The summed E-state index contributed by atoms with van der Waals surface area (Å²) in [7, 11) is 0. The van der Waals surface area contributed by atoms with Crippen LogP contribution in [0.15, 0.2) is 48.8 Å². The second kappa shape index (κ2) is 3.16. The Morgan fingerprint density at radius 3 is 2.67 bits per heavy atom. The molecule has 0 atom stereocenters. The Hall–Kier alpha value is -2.23. The van der Waals surface area contributed by atoms with Gasteiger partial charge < -0.3 is 0 Å². The van der Waals surface area contributed by atoms with Crippen LogP contribution in [0.5, 0.6) is 0 Å². The highest BCUT2D eigenvalue weighted by Crippen LogP contribution is 2.17. The molecule has 72 valence electrons. The highest BCUT2D eigenvalue weighted by molar-refractivity contribution is 5.61. The van der Waals surface area contributed by atoms with E-state index in [9.17, 15) is 0 Å². The molecule has 0 N–H and O–H groups in total. The lowest BCUT2D eigenvalue weighted by Gasteiger charge is -1.92. The molecule has 0 spiro atoms. The lowest BCUT2D eigenvalue weighted by atomic mass is 10.2. The van der Waals surface area contributed by atoms with Crippen molar-refractivity contribution in [2.75, 3.05) is 0 Å². The fourth-order valence-electron chi connectivity index (χ4n) is 1.50. The third-order valence-electron chi connectivity index (χ3n) is 2.22. The van der Waals surface area contributed by atoms with Gasteiger partial charge in [0.1, 0.15) is 0 Å². The van der Waals surface area contributed by atoms with E-state index >= 15 is 0 Å². The highest BCUT2D eigenvalue weighted by Gasteiger charge is 2.03. The van der Waals surface area contributed by atoms with Crippen LogP contribution in [-0.4, -0.2) is 19.8 Å². The van der Waals surface area contributed by atoms with E-state index in [0.29, 0.717) is 0 Å². The van der Waals surface area contributed by atoms with Crippen molar-refractivity contribution in [2.45, 2.75) is 0 Å². The van der Waals surface area contributed by atoms with Gasteiger partial charge in [-0.15, -0.1) is 5.10 Å². The Balaban J connectivity index is 2.21. The summed E-state index contributed by atoms with van der Waals surface area (Å²) in [5.41, 5.74) is 2.81. The molecule has 0 aliphatic carbocycles. The summed E-state index contributed by atoms with van der Waals surface area (Å²) in [5.74, 6) is 0. The summed E-state index contributed by atoms with van der Waals surface area (Å²) in [4.78, 5) is 4.44. The molecule has 2 aromatic heterocycles. The van der Waals surface area contributed by atoms with Crippen LogP contribution in [0, 0.1) is 0 Å². The predicted molar refractivity (Wildman–Crippen MR) is 56.2 cm³/mol. The molecule has 0 aliphatic heterocycles. The molecule has 1 aromatic carbocycles. The number of aromatic nitrogens is 4. The molecule has 0 fully saturated rings. The maximum atomic E-state index is 4.44. The maximum absolute atomic E-state index is 4.44. The van der Waals surface area contributed by atoms with E-state index in [1.54, 1.807) is 10.7 Å². The number of hydrogen-bond acceptors (Lipinski definition) is 3. The number of nitrogens with zero attached hydrogens (tertiary/aromatic N) is 4. The van der Waals surface area contributed by atoms with Crippen LogP contribution in [0.4, 0.5) is 0 Å². The van der Waals surface area contributed by atoms with Gasteiger partial charge in [0, 0.05) is 11.6 Å². The molecule has 0 amide bonds. The monoisotopic (exact) mass is 196 g/mol. The predicted octanol–water partition coefficient (Wildman–Crippen LogP) is 1.79. The van der Waals surface area contributed by atoms with Crippen molar-refractivity contribution in [1.82, 2.24) is 19.8 Å². The molecule has 0 saturated heterocycles. The minimum Gasteiger partial charge on any atom is -0.227 e. The number of fused-ring (bicyclic) bond motifs is 1. The van der Waals surface area contributed by atoms with Crippen molar-refractivity contribution in [3.8, 4) is 11.3 Å². The molecule has 4 heteroatoms. The van der Waals surface area contributed by atoms with Crippen molar-refractivity contribution in [3.05, 3.63) is 48.8 Å². The fourth-order valence-corrected chi connectivity index (χ4v) is 1.50. The standard InChI is InChI=1S/C11H8N4/c1-2-4-9(5-3-1)10-8-15-11(13-10)6-7-12-14-15/h1-8H. The van der Waals surface area contributed by atoms with Gasteiger partial charge in [-0.1, -0.05) is 35.5 Å². The minimum absolute atomic E-state index is 0.809. The van der Waals surface area contributed by atoms with E-state index in [4.69, 9.17) is 0 Å². The fraction of sp³-hybridized carbons (Fsp3) is 0. The number of imidazole rings is 1. The zero-order valence-electron chi connectivity index (χ0n) is 7.91. The Morgan fingerprint density at radius 1 is 1.00 bits per heavy atom. The van der Waals surface area contributed by atoms with Gasteiger partial charge >= 0.3 is 0 Å². The van der Waals surface area contributed by atoms with Crippen LogP contribution in [0.25, 0.3) is 16.9 Å². The number of rotatable bonds is 1. The Kier molecular flexibility index (Phi) is 1.71. The maximum Gasteiger partial charge on any atom is 0.157 e. The van der Waals surface area contributed by atoms with Crippen LogP contribution in [-0.2, 0) is 0 Å². The zero-order valence-corrected chi connectivity index (χ0v) is 7.91. The first-order chi connectivity index (χ1) is 7.43.